The van der Waals surface area contributed by atoms with Crippen molar-refractivity contribution in [3.05, 3.63) is 35.6 Å². The van der Waals surface area contributed by atoms with Gasteiger partial charge in [-0.2, -0.15) is 13.2 Å². The summed E-state index contributed by atoms with van der Waals surface area (Å²) in [6, 6.07) is 6.83. The highest BCUT2D eigenvalue weighted by atomic mass is 35.5. The maximum absolute atomic E-state index is 13.0. The number of hydrogen-bond acceptors (Lipinski definition) is 3. The van der Waals surface area contributed by atoms with Gasteiger partial charge in [0.15, 0.2) is 5.60 Å². The average molecular weight is 346 g/mol. The molecule has 1 aliphatic rings. The first-order chi connectivity index (χ1) is 10.8. The molecule has 3 rings (SSSR count). The van der Waals surface area contributed by atoms with Crippen LogP contribution in [0.25, 0.3) is 10.8 Å². The number of ether oxygens (including phenoxy) is 1. The van der Waals surface area contributed by atoms with Gasteiger partial charge in [0.05, 0.1) is 0 Å². The monoisotopic (exact) mass is 345 g/mol. The summed E-state index contributed by atoms with van der Waals surface area (Å²) in [5, 5.41) is 11.7. The van der Waals surface area contributed by atoms with Crippen molar-refractivity contribution in [3.8, 4) is 5.75 Å². The van der Waals surface area contributed by atoms with E-state index in [-0.39, 0.29) is 12.8 Å². The van der Waals surface area contributed by atoms with Crippen molar-refractivity contribution >= 4 is 22.4 Å². The number of halogens is 4. The summed E-state index contributed by atoms with van der Waals surface area (Å²) in [5.74, 6) is 0.455. The Morgan fingerprint density at radius 2 is 2.09 bits per heavy atom. The summed E-state index contributed by atoms with van der Waals surface area (Å²) in [6.07, 6.45) is -3.75. The molecule has 1 heterocycles. The van der Waals surface area contributed by atoms with Gasteiger partial charge in [-0.25, -0.2) is 4.98 Å². The summed E-state index contributed by atoms with van der Waals surface area (Å²) < 4.78 is 44.6. The van der Waals surface area contributed by atoms with Crippen molar-refractivity contribution in [2.24, 2.45) is 0 Å². The van der Waals surface area contributed by atoms with Crippen LogP contribution in [0.2, 0.25) is 5.15 Å². The number of nitrogens with zero attached hydrogens (tertiary/aromatic N) is 1. The molecule has 1 fully saturated rings. The Balaban J connectivity index is 1.79. The predicted octanol–water partition coefficient (Wildman–Crippen LogP) is 4.50. The van der Waals surface area contributed by atoms with Crippen LogP contribution in [0.4, 0.5) is 13.2 Å². The summed E-state index contributed by atoms with van der Waals surface area (Å²) in [5.41, 5.74) is -2.67. The molecule has 124 valence electrons. The Bertz CT molecular complexity index is 722. The van der Waals surface area contributed by atoms with Crippen molar-refractivity contribution in [3.63, 3.8) is 0 Å². The predicted molar refractivity (Wildman–Crippen MR) is 80.6 cm³/mol. The van der Waals surface area contributed by atoms with E-state index in [4.69, 9.17) is 16.3 Å². The van der Waals surface area contributed by atoms with Crippen molar-refractivity contribution in [1.82, 2.24) is 4.98 Å². The van der Waals surface area contributed by atoms with Gasteiger partial charge in [0.25, 0.3) is 0 Å². The van der Waals surface area contributed by atoms with Gasteiger partial charge >= 0.3 is 6.18 Å². The van der Waals surface area contributed by atoms with E-state index in [1.807, 2.05) is 0 Å². The van der Waals surface area contributed by atoms with Gasteiger partial charge in [0.2, 0.25) is 0 Å². The lowest BCUT2D eigenvalue weighted by Crippen LogP contribution is -2.50. The van der Waals surface area contributed by atoms with Crippen LogP contribution in [-0.4, -0.2) is 28.0 Å². The Labute approximate surface area is 136 Å². The van der Waals surface area contributed by atoms with Gasteiger partial charge in [-0.05, 0) is 48.9 Å². The zero-order chi connectivity index (χ0) is 16.7. The minimum absolute atomic E-state index is 0.268. The molecule has 7 heteroatoms. The van der Waals surface area contributed by atoms with Crippen LogP contribution in [0.3, 0.4) is 0 Å². The molecule has 0 bridgehead atoms. The van der Waals surface area contributed by atoms with Crippen LogP contribution in [0.5, 0.6) is 5.75 Å². The van der Waals surface area contributed by atoms with Crippen LogP contribution >= 0.6 is 11.6 Å². The summed E-state index contributed by atoms with van der Waals surface area (Å²) in [7, 11) is 0. The smallest absolute Gasteiger partial charge is 0.417 e. The van der Waals surface area contributed by atoms with Crippen molar-refractivity contribution < 1.29 is 23.0 Å². The van der Waals surface area contributed by atoms with Crippen molar-refractivity contribution in [2.45, 2.75) is 43.6 Å². The number of fused-ring (bicyclic) bond motifs is 1. The molecular formula is C16H15ClF3NO2. The highest BCUT2D eigenvalue weighted by Gasteiger charge is 2.55. The minimum Gasteiger partial charge on any atom is -0.490 e. The molecule has 0 spiro atoms. The number of alkyl halides is 3. The maximum Gasteiger partial charge on any atom is 0.417 e. The highest BCUT2D eigenvalue weighted by Crippen LogP contribution is 2.42. The molecule has 2 aromatic rings. The molecule has 0 aliphatic heterocycles. The number of aliphatic hydroxyl groups is 1. The van der Waals surface area contributed by atoms with Crippen LogP contribution < -0.4 is 4.74 Å². The fraction of sp³-hybridized carbons (Fsp3) is 0.438. The second-order valence-corrected chi connectivity index (χ2v) is 6.21. The quantitative estimate of drug-likeness (QED) is 0.815. The number of benzene rings is 1. The number of aromatic nitrogens is 1. The molecular weight excluding hydrogens is 331 g/mol. The maximum atomic E-state index is 13.0. The minimum atomic E-state index is -4.64. The molecule has 2 atom stereocenters. The summed E-state index contributed by atoms with van der Waals surface area (Å²) >= 11 is 5.98. The van der Waals surface area contributed by atoms with Gasteiger partial charge in [-0.15, -0.1) is 0 Å². The highest BCUT2D eigenvalue weighted by molar-refractivity contribution is 6.34. The molecule has 1 aliphatic carbocycles. The molecule has 2 unspecified atom stereocenters. The van der Waals surface area contributed by atoms with Crippen molar-refractivity contribution in [2.75, 3.05) is 0 Å². The van der Waals surface area contributed by atoms with Gasteiger partial charge in [0.1, 0.15) is 17.0 Å². The Morgan fingerprint density at radius 1 is 1.30 bits per heavy atom. The van der Waals surface area contributed by atoms with Gasteiger partial charge < -0.3 is 9.84 Å². The molecule has 3 nitrogen and oxygen atoms in total. The standard InChI is InChI=1S/C16H15ClF3NO2/c17-14-13-4-3-11(8-10(13)5-7-21-14)23-12-2-1-6-15(22,9-12)16(18,19)20/h3-5,7-8,12,22H,1-2,6,9H2. The lowest BCUT2D eigenvalue weighted by atomic mass is 9.82. The Kier molecular flexibility index (Phi) is 4.14. The van der Waals surface area contributed by atoms with Crippen LogP contribution in [0.1, 0.15) is 25.7 Å². The lowest BCUT2D eigenvalue weighted by Gasteiger charge is -2.37. The topological polar surface area (TPSA) is 42.4 Å². The van der Waals surface area contributed by atoms with E-state index in [9.17, 15) is 18.3 Å². The first kappa shape index (κ1) is 16.3. The lowest BCUT2D eigenvalue weighted by molar-refractivity contribution is -0.276. The Hall–Kier alpha value is -1.53. The Morgan fingerprint density at radius 3 is 2.83 bits per heavy atom. The van der Waals surface area contributed by atoms with E-state index in [0.717, 1.165) is 10.8 Å². The molecule has 0 radical (unpaired) electrons. The third-order valence-electron chi connectivity index (χ3n) is 4.20. The third-order valence-corrected chi connectivity index (χ3v) is 4.50. The number of rotatable bonds is 2. The van der Waals surface area contributed by atoms with E-state index in [1.165, 1.54) is 0 Å². The largest absolute Gasteiger partial charge is 0.490 e. The molecule has 0 saturated heterocycles. The number of pyridine rings is 1. The van der Waals surface area contributed by atoms with E-state index in [2.05, 4.69) is 4.98 Å². The summed E-state index contributed by atoms with van der Waals surface area (Å²) in [4.78, 5) is 3.97. The van der Waals surface area contributed by atoms with Gasteiger partial charge in [0, 0.05) is 18.0 Å². The first-order valence-electron chi connectivity index (χ1n) is 7.28. The van der Waals surface area contributed by atoms with E-state index < -0.39 is 24.3 Å². The molecule has 1 aromatic heterocycles. The zero-order valence-corrected chi connectivity index (χ0v) is 12.9. The number of hydrogen-bond donors (Lipinski definition) is 1. The normalized spacial score (nSPS) is 25.5. The molecule has 23 heavy (non-hydrogen) atoms. The second-order valence-electron chi connectivity index (χ2n) is 5.85. The molecule has 1 aromatic carbocycles. The summed E-state index contributed by atoms with van der Waals surface area (Å²) in [6.45, 7) is 0. The fourth-order valence-electron chi connectivity index (χ4n) is 2.95. The first-order valence-corrected chi connectivity index (χ1v) is 7.66. The van der Waals surface area contributed by atoms with Crippen LogP contribution in [0.15, 0.2) is 30.5 Å². The van der Waals surface area contributed by atoms with Crippen molar-refractivity contribution in [1.29, 1.82) is 0 Å². The van der Waals surface area contributed by atoms with Gasteiger partial charge in [-0.1, -0.05) is 11.6 Å². The molecule has 0 amide bonds. The van der Waals surface area contributed by atoms with Crippen LogP contribution in [0, 0.1) is 0 Å². The van der Waals surface area contributed by atoms with E-state index in [0.29, 0.717) is 17.3 Å². The second kappa shape index (κ2) is 5.83. The average Bonchev–Trinajstić information content (AvgIpc) is 2.46. The SMILES string of the molecule is OC1(C(F)(F)F)CCCC(Oc2ccc3c(Cl)nccc3c2)C1. The molecule has 1 saturated carbocycles. The zero-order valence-electron chi connectivity index (χ0n) is 12.1. The fourth-order valence-corrected chi connectivity index (χ4v) is 3.17. The van der Waals surface area contributed by atoms with Crippen LogP contribution in [-0.2, 0) is 0 Å². The molecule has 1 N–H and O–H groups in total. The van der Waals surface area contributed by atoms with E-state index in [1.54, 1.807) is 30.5 Å². The third kappa shape index (κ3) is 3.23. The van der Waals surface area contributed by atoms with Gasteiger partial charge in [-0.3, -0.25) is 0 Å². The van der Waals surface area contributed by atoms with E-state index >= 15 is 0 Å².